The van der Waals surface area contributed by atoms with Gasteiger partial charge in [0, 0.05) is 18.5 Å². The molecule has 1 saturated heterocycles. The zero-order chi connectivity index (χ0) is 14.2. The highest BCUT2D eigenvalue weighted by atomic mass is 32.1. The first-order valence-electron chi connectivity index (χ1n) is 8.18. The van der Waals surface area contributed by atoms with E-state index in [1.165, 1.54) is 62.6 Å². The summed E-state index contributed by atoms with van der Waals surface area (Å²) in [6, 6.07) is 0. The monoisotopic (exact) mass is 295 g/mol. The zero-order valence-corrected chi connectivity index (χ0v) is 13.8. The summed E-state index contributed by atoms with van der Waals surface area (Å²) < 4.78 is 0. The highest BCUT2D eigenvalue weighted by molar-refractivity contribution is 7.09. The second-order valence-electron chi connectivity index (χ2n) is 5.93. The van der Waals surface area contributed by atoms with Crippen LogP contribution in [-0.2, 0) is 13.0 Å². The summed E-state index contributed by atoms with van der Waals surface area (Å²) in [5.74, 6) is 0.823. The smallest absolute Gasteiger partial charge is 0.0928 e. The van der Waals surface area contributed by atoms with Crippen LogP contribution in [-0.4, -0.2) is 36.1 Å². The number of rotatable bonds is 8. The molecule has 1 atom stereocenters. The topological polar surface area (TPSA) is 28.2 Å². The first-order chi connectivity index (χ1) is 9.81. The lowest BCUT2D eigenvalue weighted by molar-refractivity contribution is 0.199. The molecule has 1 aromatic rings. The molecule has 0 radical (unpaired) electrons. The lowest BCUT2D eigenvalue weighted by atomic mass is 9.99. The van der Waals surface area contributed by atoms with Gasteiger partial charge in [-0.15, -0.1) is 11.3 Å². The third kappa shape index (κ3) is 5.15. The Balaban J connectivity index is 1.86. The van der Waals surface area contributed by atoms with Gasteiger partial charge in [0.2, 0.25) is 0 Å². The Kier molecular flexibility index (Phi) is 6.97. The number of aromatic nitrogens is 1. The number of hydrogen-bond donors (Lipinski definition) is 1. The summed E-state index contributed by atoms with van der Waals surface area (Å²) in [7, 11) is 0. The molecule has 0 amide bonds. The molecular formula is C16H29N3S. The predicted molar refractivity (Wildman–Crippen MR) is 87.3 cm³/mol. The van der Waals surface area contributed by atoms with E-state index in [1.807, 2.05) is 11.3 Å². The maximum Gasteiger partial charge on any atom is 0.0928 e. The normalized spacial score (nSPS) is 19.6. The second kappa shape index (κ2) is 8.75. The van der Waals surface area contributed by atoms with Crippen molar-refractivity contribution in [3.05, 3.63) is 16.1 Å². The van der Waals surface area contributed by atoms with Gasteiger partial charge < -0.3 is 5.32 Å². The minimum atomic E-state index is 0.823. The molecule has 4 heteroatoms. The first kappa shape index (κ1) is 15.9. The van der Waals surface area contributed by atoms with E-state index in [-0.39, 0.29) is 0 Å². The van der Waals surface area contributed by atoms with Crippen molar-refractivity contribution in [1.29, 1.82) is 0 Å². The molecule has 0 spiro atoms. The van der Waals surface area contributed by atoms with E-state index in [0.29, 0.717) is 0 Å². The molecule has 1 fully saturated rings. The number of thiazole rings is 1. The molecular weight excluding hydrogens is 266 g/mol. The van der Waals surface area contributed by atoms with Gasteiger partial charge in [0.25, 0.3) is 0 Å². The van der Waals surface area contributed by atoms with Crippen LogP contribution in [0.15, 0.2) is 5.38 Å². The van der Waals surface area contributed by atoms with Gasteiger partial charge in [-0.2, -0.15) is 0 Å². The van der Waals surface area contributed by atoms with Gasteiger partial charge in [-0.3, -0.25) is 4.90 Å². The van der Waals surface area contributed by atoms with Gasteiger partial charge in [0.05, 0.1) is 10.7 Å². The van der Waals surface area contributed by atoms with E-state index in [0.717, 1.165) is 18.9 Å². The third-order valence-corrected chi connectivity index (χ3v) is 4.86. The van der Waals surface area contributed by atoms with Crippen molar-refractivity contribution in [3.8, 4) is 0 Å². The fourth-order valence-electron chi connectivity index (χ4n) is 2.98. The standard InChI is InChI=1S/C16H29N3S/c1-3-6-16-18-15(13-20-16)12-19(9-4-2)11-14-7-5-8-17-10-14/h13-14,17H,3-12H2,1-2H3. The van der Waals surface area contributed by atoms with E-state index < -0.39 is 0 Å². The minimum absolute atomic E-state index is 0.823. The summed E-state index contributed by atoms with van der Waals surface area (Å²) in [6.45, 7) is 10.3. The molecule has 3 nitrogen and oxygen atoms in total. The molecule has 0 bridgehead atoms. The Bertz CT molecular complexity index is 372. The van der Waals surface area contributed by atoms with Gasteiger partial charge in [-0.05, 0) is 57.7 Å². The van der Waals surface area contributed by atoms with Gasteiger partial charge in [-0.25, -0.2) is 4.98 Å². The summed E-state index contributed by atoms with van der Waals surface area (Å²) in [5, 5.41) is 7.09. The Morgan fingerprint density at radius 2 is 2.30 bits per heavy atom. The van der Waals surface area contributed by atoms with E-state index in [4.69, 9.17) is 4.98 Å². The largest absolute Gasteiger partial charge is 0.316 e. The van der Waals surface area contributed by atoms with Crippen LogP contribution in [0.2, 0.25) is 0 Å². The Labute approximate surface area is 127 Å². The van der Waals surface area contributed by atoms with Crippen molar-refractivity contribution in [3.63, 3.8) is 0 Å². The van der Waals surface area contributed by atoms with Crippen molar-refractivity contribution in [2.24, 2.45) is 5.92 Å². The summed E-state index contributed by atoms with van der Waals surface area (Å²) >= 11 is 1.83. The van der Waals surface area contributed by atoms with E-state index in [9.17, 15) is 0 Å². The summed E-state index contributed by atoms with van der Waals surface area (Å²) in [6.07, 6.45) is 6.27. The van der Waals surface area contributed by atoms with E-state index >= 15 is 0 Å². The molecule has 20 heavy (non-hydrogen) atoms. The van der Waals surface area contributed by atoms with Crippen LogP contribution >= 0.6 is 11.3 Å². The Hall–Kier alpha value is -0.450. The van der Waals surface area contributed by atoms with Crippen molar-refractivity contribution in [1.82, 2.24) is 15.2 Å². The number of aryl methyl sites for hydroxylation is 1. The highest BCUT2D eigenvalue weighted by Gasteiger charge is 2.17. The molecule has 1 unspecified atom stereocenters. The van der Waals surface area contributed by atoms with Crippen molar-refractivity contribution in [2.45, 2.75) is 52.5 Å². The van der Waals surface area contributed by atoms with Crippen molar-refractivity contribution in [2.75, 3.05) is 26.2 Å². The summed E-state index contributed by atoms with van der Waals surface area (Å²) in [5.41, 5.74) is 1.27. The average molecular weight is 295 g/mol. The van der Waals surface area contributed by atoms with Gasteiger partial charge in [0.1, 0.15) is 0 Å². The highest BCUT2D eigenvalue weighted by Crippen LogP contribution is 2.17. The number of piperidine rings is 1. The van der Waals surface area contributed by atoms with Crippen LogP contribution < -0.4 is 5.32 Å². The van der Waals surface area contributed by atoms with Crippen LogP contribution in [0.5, 0.6) is 0 Å². The van der Waals surface area contributed by atoms with Crippen molar-refractivity contribution >= 4 is 11.3 Å². The van der Waals surface area contributed by atoms with E-state index in [1.54, 1.807) is 0 Å². The SMILES string of the molecule is CCCc1nc(CN(CCC)CC2CCCNC2)cs1. The lowest BCUT2D eigenvalue weighted by Crippen LogP contribution is -2.38. The molecule has 1 aromatic heterocycles. The fraction of sp³-hybridized carbons (Fsp3) is 0.812. The van der Waals surface area contributed by atoms with Crippen LogP contribution in [0.3, 0.4) is 0 Å². The third-order valence-electron chi connectivity index (χ3n) is 3.90. The Morgan fingerprint density at radius 1 is 1.40 bits per heavy atom. The predicted octanol–water partition coefficient (Wildman–Crippen LogP) is 3.31. The van der Waals surface area contributed by atoms with Crippen LogP contribution in [0.4, 0.5) is 0 Å². The van der Waals surface area contributed by atoms with Crippen LogP contribution in [0, 0.1) is 5.92 Å². The quantitative estimate of drug-likeness (QED) is 0.797. The van der Waals surface area contributed by atoms with E-state index in [2.05, 4.69) is 29.4 Å². The minimum Gasteiger partial charge on any atom is -0.316 e. The second-order valence-corrected chi connectivity index (χ2v) is 6.87. The summed E-state index contributed by atoms with van der Waals surface area (Å²) in [4.78, 5) is 7.38. The molecule has 1 aliphatic rings. The fourth-order valence-corrected chi connectivity index (χ4v) is 3.87. The zero-order valence-electron chi connectivity index (χ0n) is 13.0. The first-order valence-corrected chi connectivity index (χ1v) is 9.06. The van der Waals surface area contributed by atoms with Crippen molar-refractivity contribution < 1.29 is 0 Å². The molecule has 0 saturated carbocycles. The maximum atomic E-state index is 4.78. The molecule has 0 aromatic carbocycles. The van der Waals surface area contributed by atoms with Crippen LogP contribution in [0.1, 0.15) is 50.2 Å². The molecule has 1 aliphatic heterocycles. The molecule has 0 aliphatic carbocycles. The van der Waals surface area contributed by atoms with Gasteiger partial charge in [0.15, 0.2) is 0 Å². The maximum absolute atomic E-state index is 4.78. The number of hydrogen-bond acceptors (Lipinski definition) is 4. The molecule has 1 N–H and O–H groups in total. The molecule has 114 valence electrons. The lowest BCUT2D eigenvalue weighted by Gasteiger charge is -2.29. The van der Waals surface area contributed by atoms with Crippen LogP contribution in [0.25, 0.3) is 0 Å². The van der Waals surface area contributed by atoms with Gasteiger partial charge in [-0.1, -0.05) is 13.8 Å². The Morgan fingerprint density at radius 3 is 3.00 bits per heavy atom. The molecule has 2 rings (SSSR count). The average Bonchev–Trinajstić information content (AvgIpc) is 2.88. The number of nitrogens with zero attached hydrogens (tertiary/aromatic N) is 2. The van der Waals surface area contributed by atoms with Gasteiger partial charge >= 0.3 is 0 Å². The molecule has 2 heterocycles. The number of nitrogens with one attached hydrogen (secondary N) is 1.